The lowest BCUT2D eigenvalue weighted by Crippen LogP contribution is -2.22. The Hall–Kier alpha value is -1.00. The lowest BCUT2D eigenvalue weighted by molar-refractivity contribution is 0.00695. The van der Waals surface area contributed by atoms with Crippen LogP contribution in [0, 0.1) is 11.7 Å². The fourth-order valence-corrected chi connectivity index (χ4v) is 1.89. The second-order valence-electron chi connectivity index (χ2n) is 3.83. The van der Waals surface area contributed by atoms with Gasteiger partial charge in [0.2, 0.25) is 0 Å². The molecule has 0 saturated carbocycles. The summed E-state index contributed by atoms with van der Waals surface area (Å²) in [6.45, 7) is 1.34. The number of aliphatic hydroxyl groups is 1. The summed E-state index contributed by atoms with van der Waals surface area (Å²) in [7, 11) is 0. The predicted molar refractivity (Wildman–Crippen MR) is 52.7 cm³/mol. The number of nitrogens with zero attached hydrogens (tertiary/aromatic N) is 1. The predicted octanol–water partition coefficient (Wildman–Crippen LogP) is 1.68. The minimum atomic E-state index is -0.628. The van der Waals surface area contributed by atoms with Crippen molar-refractivity contribution in [3.63, 3.8) is 0 Å². The smallest absolute Gasteiger partial charge is 0.141 e. The monoisotopic (exact) mass is 211 g/mol. The van der Waals surface area contributed by atoms with Crippen molar-refractivity contribution >= 4 is 0 Å². The quantitative estimate of drug-likeness (QED) is 0.809. The van der Waals surface area contributed by atoms with Crippen molar-refractivity contribution < 1.29 is 14.2 Å². The van der Waals surface area contributed by atoms with Crippen molar-refractivity contribution in [2.75, 3.05) is 13.2 Å². The van der Waals surface area contributed by atoms with Gasteiger partial charge in [0.15, 0.2) is 0 Å². The summed E-state index contributed by atoms with van der Waals surface area (Å²) in [6.07, 6.45) is 3.66. The molecule has 4 heteroatoms. The highest BCUT2D eigenvalue weighted by Gasteiger charge is 2.23. The van der Waals surface area contributed by atoms with E-state index in [1.807, 2.05) is 0 Å². The number of halogens is 1. The molecule has 0 amide bonds. The Morgan fingerprint density at radius 1 is 1.40 bits per heavy atom. The van der Waals surface area contributed by atoms with E-state index in [1.165, 1.54) is 12.3 Å². The van der Waals surface area contributed by atoms with Gasteiger partial charge in [-0.05, 0) is 24.8 Å². The minimum Gasteiger partial charge on any atom is -0.388 e. The second-order valence-corrected chi connectivity index (χ2v) is 3.83. The first-order chi connectivity index (χ1) is 7.27. The summed E-state index contributed by atoms with van der Waals surface area (Å²) >= 11 is 0. The summed E-state index contributed by atoms with van der Waals surface area (Å²) in [5.74, 6) is -0.249. The summed E-state index contributed by atoms with van der Waals surface area (Å²) in [5.41, 5.74) is 0.557. The van der Waals surface area contributed by atoms with Gasteiger partial charge in [0, 0.05) is 25.0 Å². The molecular weight excluding hydrogens is 197 g/mol. The number of pyridine rings is 1. The van der Waals surface area contributed by atoms with Crippen molar-refractivity contribution in [2.24, 2.45) is 5.92 Å². The van der Waals surface area contributed by atoms with Gasteiger partial charge in [-0.25, -0.2) is 4.39 Å². The highest BCUT2D eigenvalue weighted by molar-refractivity contribution is 5.14. The molecule has 1 saturated heterocycles. The van der Waals surface area contributed by atoms with E-state index in [2.05, 4.69) is 4.98 Å². The van der Waals surface area contributed by atoms with Gasteiger partial charge in [0.25, 0.3) is 0 Å². The number of aromatic nitrogens is 1. The zero-order valence-corrected chi connectivity index (χ0v) is 8.40. The van der Waals surface area contributed by atoms with Crippen LogP contribution in [0.5, 0.6) is 0 Å². The highest BCUT2D eigenvalue weighted by Crippen LogP contribution is 2.29. The zero-order valence-electron chi connectivity index (χ0n) is 8.40. The molecule has 1 aromatic heterocycles. The SMILES string of the molecule is OC(c1cncc(F)c1)C1CCOCC1. The molecule has 3 nitrogen and oxygen atoms in total. The molecule has 0 spiro atoms. The lowest BCUT2D eigenvalue weighted by atomic mass is 9.90. The van der Waals surface area contributed by atoms with E-state index in [9.17, 15) is 9.50 Å². The van der Waals surface area contributed by atoms with Crippen molar-refractivity contribution in [3.05, 3.63) is 29.8 Å². The topological polar surface area (TPSA) is 42.4 Å². The van der Waals surface area contributed by atoms with E-state index in [-0.39, 0.29) is 5.92 Å². The van der Waals surface area contributed by atoms with Gasteiger partial charge in [-0.2, -0.15) is 0 Å². The van der Waals surface area contributed by atoms with Crippen LogP contribution >= 0.6 is 0 Å². The van der Waals surface area contributed by atoms with Gasteiger partial charge < -0.3 is 9.84 Å². The Morgan fingerprint density at radius 3 is 2.80 bits per heavy atom. The average Bonchev–Trinajstić information content (AvgIpc) is 2.29. The van der Waals surface area contributed by atoms with Crippen LogP contribution in [0.4, 0.5) is 4.39 Å². The Morgan fingerprint density at radius 2 is 2.13 bits per heavy atom. The zero-order chi connectivity index (χ0) is 10.7. The van der Waals surface area contributed by atoms with Gasteiger partial charge in [-0.3, -0.25) is 4.98 Å². The van der Waals surface area contributed by atoms with Crippen molar-refractivity contribution in [2.45, 2.75) is 18.9 Å². The number of ether oxygens (including phenoxy) is 1. The Balaban J connectivity index is 2.08. The van der Waals surface area contributed by atoms with Gasteiger partial charge in [-0.1, -0.05) is 0 Å². The van der Waals surface area contributed by atoms with Crippen LogP contribution in [0.2, 0.25) is 0 Å². The Labute approximate surface area is 87.9 Å². The maximum Gasteiger partial charge on any atom is 0.141 e. The van der Waals surface area contributed by atoms with Crippen LogP contribution in [-0.2, 0) is 4.74 Å². The summed E-state index contributed by atoms with van der Waals surface area (Å²) in [4.78, 5) is 3.73. The highest BCUT2D eigenvalue weighted by atomic mass is 19.1. The van der Waals surface area contributed by atoms with E-state index < -0.39 is 11.9 Å². The molecule has 82 valence electrons. The van der Waals surface area contributed by atoms with Crippen LogP contribution in [0.25, 0.3) is 0 Å². The van der Waals surface area contributed by atoms with E-state index in [0.29, 0.717) is 18.8 Å². The number of hydrogen-bond donors (Lipinski definition) is 1. The average molecular weight is 211 g/mol. The molecule has 1 aliphatic heterocycles. The molecule has 1 atom stereocenters. The molecule has 2 heterocycles. The molecule has 1 fully saturated rings. The Kier molecular flexibility index (Phi) is 3.28. The largest absolute Gasteiger partial charge is 0.388 e. The van der Waals surface area contributed by atoms with E-state index in [0.717, 1.165) is 19.0 Å². The van der Waals surface area contributed by atoms with Crippen LogP contribution in [-0.4, -0.2) is 23.3 Å². The molecule has 0 radical (unpaired) electrons. The standard InChI is InChI=1S/C11H14FNO2/c12-10-5-9(6-13-7-10)11(14)8-1-3-15-4-2-8/h5-8,11,14H,1-4H2. The first kappa shape index (κ1) is 10.5. The molecular formula is C11H14FNO2. The molecule has 2 rings (SSSR count). The summed E-state index contributed by atoms with van der Waals surface area (Å²) in [5, 5.41) is 10.0. The van der Waals surface area contributed by atoms with Gasteiger partial charge in [0.05, 0.1) is 12.3 Å². The first-order valence-corrected chi connectivity index (χ1v) is 5.13. The molecule has 1 unspecified atom stereocenters. The molecule has 1 N–H and O–H groups in total. The normalized spacial score (nSPS) is 20.1. The second kappa shape index (κ2) is 4.68. The van der Waals surface area contributed by atoms with Crippen LogP contribution in [0.15, 0.2) is 18.5 Å². The lowest BCUT2D eigenvalue weighted by Gasteiger charge is -2.26. The fraction of sp³-hybridized carbons (Fsp3) is 0.545. The number of hydrogen-bond acceptors (Lipinski definition) is 3. The molecule has 15 heavy (non-hydrogen) atoms. The molecule has 0 aromatic carbocycles. The molecule has 0 aliphatic carbocycles. The molecule has 1 aliphatic rings. The third kappa shape index (κ3) is 2.52. The fourth-order valence-electron chi connectivity index (χ4n) is 1.89. The van der Waals surface area contributed by atoms with Crippen LogP contribution in [0.3, 0.4) is 0 Å². The molecule has 1 aromatic rings. The Bertz CT molecular complexity index is 326. The van der Waals surface area contributed by atoms with Gasteiger partial charge in [0.1, 0.15) is 5.82 Å². The van der Waals surface area contributed by atoms with Gasteiger partial charge >= 0.3 is 0 Å². The third-order valence-electron chi connectivity index (χ3n) is 2.78. The maximum absolute atomic E-state index is 12.9. The summed E-state index contributed by atoms with van der Waals surface area (Å²) in [6, 6.07) is 1.34. The van der Waals surface area contributed by atoms with Crippen molar-refractivity contribution in [1.82, 2.24) is 4.98 Å². The minimum absolute atomic E-state index is 0.155. The van der Waals surface area contributed by atoms with E-state index >= 15 is 0 Å². The maximum atomic E-state index is 12.9. The van der Waals surface area contributed by atoms with Crippen LogP contribution < -0.4 is 0 Å². The molecule has 0 bridgehead atoms. The third-order valence-corrected chi connectivity index (χ3v) is 2.78. The summed E-state index contributed by atoms with van der Waals surface area (Å²) < 4.78 is 18.1. The number of aliphatic hydroxyl groups excluding tert-OH is 1. The van der Waals surface area contributed by atoms with E-state index in [1.54, 1.807) is 0 Å². The van der Waals surface area contributed by atoms with Gasteiger partial charge in [-0.15, -0.1) is 0 Å². The number of rotatable bonds is 2. The first-order valence-electron chi connectivity index (χ1n) is 5.13. The van der Waals surface area contributed by atoms with Crippen molar-refractivity contribution in [1.29, 1.82) is 0 Å². The van der Waals surface area contributed by atoms with Crippen LogP contribution in [0.1, 0.15) is 24.5 Å². The van der Waals surface area contributed by atoms with Crippen molar-refractivity contribution in [3.8, 4) is 0 Å². The van der Waals surface area contributed by atoms with E-state index in [4.69, 9.17) is 4.74 Å².